The number of benzene rings is 1. The molecule has 0 amide bonds. The van der Waals surface area contributed by atoms with Crippen LogP contribution in [-0.2, 0) is 4.74 Å². The highest BCUT2D eigenvalue weighted by Crippen LogP contribution is 2.29. The number of halogens is 2. The zero-order chi connectivity index (χ0) is 16.8. The average molecular weight is 326 g/mol. The topological polar surface area (TPSA) is 18.5 Å². The standard InChI is InChI=1S/C19H28F2O2/c1-4-13(2)16-10-17(20)19(18(21)11-16)23-14(3)22-12-15-8-6-5-7-9-15/h10-11,13-15H,4-9,12H2,1-3H3. The van der Waals surface area contributed by atoms with Gasteiger partial charge >= 0.3 is 0 Å². The normalized spacial score (nSPS) is 18.7. The van der Waals surface area contributed by atoms with E-state index >= 15 is 0 Å². The SMILES string of the molecule is CCC(C)c1cc(F)c(OC(C)OCC2CCCCC2)c(F)c1. The zero-order valence-corrected chi connectivity index (χ0v) is 14.4. The molecule has 1 aliphatic rings. The van der Waals surface area contributed by atoms with Crippen LogP contribution in [0.4, 0.5) is 8.78 Å². The summed E-state index contributed by atoms with van der Waals surface area (Å²) in [7, 11) is 0. The Morgan fingerprint density at radius 1 is 1.09 bits per heavy atom. The Bertz CT molecular complexity index is 475. The third-order valence-electron chi connectivity index (χ3n) is 4.78. The molecule has 0 aromatic heterocycles. The van der Waals surface area contributed by atoms with Gasteiger partial charge in [-0.25, -0.2) is 8.78 Å². The van der Waals surface area contributed by atoms with E-state index < -0.39 is 17.9 Å². The zero-order valence-electron chi connectivity index (χ0n) is 14.4. The van der Waals surface area contributed by atoms with Gasteiger partial charge in [-0.1, -0.05) is 33.1 Å². The Labute approximate surface area is 138 Å². The summed E-state index contributed by atoms with van der Waals surface area (Å²) < 4.78 is 39.3. The van der Waals surface area contributed by atoms with Gasteiger partial charge in [0.2, 0.25) is 0 Å². The molecular formula is C19H28F2O2. The minimum atomic E-state index is -0.659. The maximum Gasteiger partial charge on any atom is 0.197 e. The second kappa shape index (κ2) is 8.62. The fourth-order valence-corrected chi connectivity index (χ4v) is 3.04. The van der Waals surface area contributed by atoms with E-state index in [1.54, 1.807) is 6.92 Å². The molecule has 1 aromatic carbocycles. The van der Waals surface area contributed by atoms with E-state index in [-0.39, 0.29) is 11.7 Å². The van der Waals surface area contributed by atoms with E-state index in [0.717, 1.165) is 6.42 Å². The molecule has 0 N–H and O–H groups in total. The van der Waals surface area contributed by atoms with Crippen LogP contribution in [-0.4, -0.2) is 12.9 Å². The summed E-state index contributed by atoms with van der Waals surface area (Å²) in [4.78, 5) is 0. The third kappa shape index (κ3) is 5.17. The van der Waals surface area contributed by atoms with Crippen molar-refractivity contribution in [2.24, 2.45) is 5.92 Å². The van der Waals surface area contributed by atoms with Crippen molar-refractivity contribution >= 4 is 0 Å². The summed E-state index contributed by atoms with van der Waals surface area (Å²) >= 11 is 0. The molecule has 2 atom stereocenters. The first-order valence-corrected chi connectivity index (χ1v) is 8.78. The van der Waals surface area contributed by atoms with Gasteiger partial charge in [-0.05, 0) is 55.7 Å². The summed E-state index contributed by atoms with van der Waals surface area (Å²) in [6.45, 7) is 6.22. The highest BCUT2D eigenvalue weighted by molar-refractivity contribution is 5.33. The lowest BCUT2D eigenvalue weighted by Gasteiger charge is -2.24. The van der Waals surface area contributed by atoms with E-state index in [0.29, 0.717) is 18.1 Å². The molecule has 0 spiro atoms. The van der Waals surface area contributed by atoms with Gasteiger partial charge in [0.25, 0.3) is 0 Å². The molecule has 2 rings (SSSR count). The Balaban J connectivity index is 1.93. The largest absolute Gasteiger partial charge is 0.459 e. The van der Waals surface area contributed by atoms with Gasteiger partial charge in [0, 0.05) is 0 Å². The highest BCUT2D eigenvalue weighted by atomic mass is 19.1. The number of hydrogen-bond acceptors (Lipinski definition) is 2. The predicted octanol–water partition coefficient (Wildman–Crippen LogP) is 5.80. The van der Waals surface area contributed by atoms with Gasteiger partial charge < -0.3 is 9.47 Å². The minimum Gasteiger partial charge on any atom is -0.459 e. The van der Waals surface area contributed by atoms with E-state index in [1.165, 1.54) is 44.2 Å². The lowest BCUT2D eigenvalue weighted by molar-refractivity contribution is -0.0851. The molecule has 2 unspecified atom stereocenters. The Morgan fingerprint density at radius 2 is 1.70 bits per heavy atom. The summed E-state index contributed by atoms with van der Waals surface area (Å²) in [5.41, 5.74) is 0.658. The molecule has 0 saturated heterocycles. The van der Waals surface area contributed by atoms with Gasteiger partial charge in [0.15, 0.2) is 23.7 Å². The van der Waals surface area contributed by atoms with Crippen LogP contribution in [0.15, 0.2) is 12.1 Å². The number of hydrogen-bond donors (Lipinski definition) is 0. The van der Waals surface area contributed by atoms with Gasteiger partial charge in [0.1, 0.15) is 0 Å². The predicted molar refractivity (Wildman–Crippen MR) is 87.7 cm³/mol. The molecule has 1 aromatic rings. The first kappa shape index (κ1) is 18.2. The molecule has 0 aliphatic heterocycles. The van der Waals surface area contributed by atoms with Crippen molar-refractivity contribution in [1.82, 2.24) is 0 Å². The fourth-order valence-electron chi connectivity index (χ4n) is 3.04. The Morgan fingerprint density at radius 3 is 2.26 bits per heavy atom. The first-order valence-electron chi connectivity index (χ1n) is 8.78. The highest BCUT2D eigenvalue weighted by Gasteiger charge is 2.19. The fraction of sp³-hybridized carbons (Fsp3) is 0.684. The van der Waals surface area contributed by atoms with Crippen LogP contribution in [0.3, 0.4) is 0 Å². The third-order valence-corrected chi connectivity index (χ3v) is 4.78. The molecular weight excluding hydrogens is 298 g/mol. The van der Waals surface area contributed by atoms with Crippen LogP contribution in [0.5, 0.6) is 5.75 Å². The lowest BCUT2D eigenvalue weighted by atomic mass is 9.90. The van der Waals surface area contributed by atoms with E-state index in [2.05, 4.69) is 0 Å². The quantitative estimate of drug-likeness (QED) is 0.590. The second-order valence-corrected chi connectivity index (χ2v) is 6.65. The molecule has 0 radical (unpaired) electrons. The van der Waals surface area contributed by atoms with Crippen molar-refractivity contribution in [2.75, 3.05) is 6.61 Å². The van der Waals surface area contributed by atoms with E-state index in [4.69, 9.17) is 9.47 Å². The molecule has 130 valence electrons. The van der Waals surface area contributed by atoms with Gasteiger partial charge in [0.05, 0.1) is 6.61 Å². The van der Waals surface area contributed by atoms with Crippen molar-refractivity contribution in [3.05, 3.63) is 29.3 Å². The second-order valence-electron chi connectivity index (χ2n) is 6.65. The van der Waals surface area contributed by atoms with Gasteiger partial charge in [-0.2, -0.15) is 0 Å². The monoisotopic (exact) mass is 326 g/mol. The smallest absolute Gasteiger partial charge is 0.197 e. The van der Waals surface area contributed by atoms with Crippen molar-refractivity contribution < 1.29 is 18.3 Å². The van der Waals surface area contributed by atoms with Gasteiger partial charge in [-0.15, -0.1) is 0 Å². The first-order chi connectivity index (χ1) is 11.0. The van der Waals surface area contributed by atoms with Gasteiger partial charge in [-0.3, -0.25) is 0 Å². The molecule has 2 nitrogen and oxygen atoms in total. The van der Waals surface area contributed by atoms with Crippen LogP contribution in [0.2, 0.25) is 0 Å². The lowest BCUT2D eigenvalue weighted by Crippen LogP contribution is -2.23. The van der Waals surface area contributed by atoms with Crippen LogP contribution in [0, 0.1) is 17.6 Å². The van der Waals surface area contributed by atoms with Crippen LogP contribution >= 0.6 is 0 Å². The minimum absolute atomic E-state index is 0.119. The molecule has 0 heterocycles. The molecule has 4 heteroatoms. The van der Waals surface area contributed by atoms with Crippen molar-refractivity contribution in [2.45, 2.75) is 71.5 Å². The molecule has 23 heavy (non-hydrogen) atoms. The van der Waals surface area contributed by atoms with Crippen molar-refractivity contribution in [3.63, 3.8) is 0 Å². The Hall–Kier alpha value is -1.16. The summed E-state index contributed by atoms with van der Waals surface area (Å²) in [6, 6.07) is 2.72. The van der Waals surface area contributed by atoms with Crippen molar-refractivity contribution in [1.29, 1.82) is 0 Å². The van der Waals surface area contributed by atoms with E-state index in [1.807, 2.05) is 13.8 Å². The molecule has 0 bridgehead atoms. The maximum atomic E-state index is 14.1. The molecule has 1 saturated carbocycles. The summed E-state index contributed by atoms with van der Waals surface area (Å²) in [6.07, 6.45) is 6.28. The maximum absolute atomic E-state index is 14.1. The number of rotatable bonds is 7. The average Bonchev–Trinajstić information content (AvgIpc) is 2.56. The Kier molecular flexibility index (Phi) is 6.82. The summed E-state index contributed by atoms with van der Waals surface area (Å²) in [5, 5.41) is 0. The molecule has 1 aliphatic carbocycles. The molecule has 1 fully saturated rings. The van der Waals surface area contributed by atoms with Crippen LogP contribution < -0.4 is 4.74 Å². The number of ether oxygens (including phenoxy) is 2. The van der Waals surface area contributed by atoms with Crippen LogP contribution in [0.1, 0.15) is 70.8 Å². The van der Waals surface area contributed by atoms with Crippen molar-refractivity contribution in [3.8, 4) is 5.75 Å². The van der Waals surface area contributed by atoms with E-state index in [9.17, 15) is 8.78 Å². The summed E-state index contributed by atoms with van der Waals surface area (Å²) in [5.74, 6) is -1.000. The van der Waals surface area contributed by atoms with Crippen LogP contribution in [0.25, 0.3) is 0 Å².